The fraction of sp³-hybridized carbons (Fsp3) is 1.00. The molecular weight excluding hydrogens is 246 g/mol. The molecule has 0 unspecified atom stereocenters. The molecule has 2 heteroatoms. The van der Waals surface area contributed by atoms with E-state index < -0.39 is 18.9 Å². The van der Waals surface area contributed by atoms with Gasteiger partial charge in [-0.15, -0.1) is 0 Å². The monoisotopic (exact) mass is 268 g/mol. The summed E-state index contributed by atoms with van der Waals surface area (Å²) in [7, 11) is 0. The quantitative estimate of drug-likeness (QED) is 0.674. The summed E-state index contributed by atoms with van der Waals surface area (Å²) in [5.74, 6) is 0. The van der Waals surface area contributed by atoms with Crippen LogP contribution in [0.2, 0.25) is 11.8 Å². The van der Waals surface area contributed by atoms with E-state index in [-0.39, 0.29) is 0 Å². The number of hydrogen-bond donors (Lipinski definition) is 0. The van der Waals surface area contributed by atoms with Crippen LogP contribution in [-0.2, 0) is 0 Å². The molecule has 0 rings (SSSR count). The van der Waals surface area contributed by atoms with Gasteiger partial charge in [0, 0.05) is 0 Å². The van der Waals surface area contributed by atoms with E-state index in [1.54, 1.807) is 0 Å². The van der Waals surface area contributed by atoms with E-state index in [0.29, 0.717) is 11.8 Å². The maximum atomic E-state index is 14.4. The van der Waals surface area contributed by atoms with Gasteiger partial charge in [0.05, 0.1) is 0 Å². The molecule has 0 heterocycles. The van der Waals surface area contributed by atoms with Crippen LogP contribution in [0.1, 0.15) is 41.5 Å². The molecule has 0 aromatic rings. The minimum atomic E-state index is -3.24. The second kappa shape index (κ2) is 4.10. The van der Waals surface area contributed by atoms with Crippen molar-refractivity contribution >= 4 is 18.9 Å². The standard InChI is InChI=1S/3C3H7.FH.Sn/c3*1-3-2;;/h3*3H,1-2H3;1H;/q;;;;+1/p-1. The van der Waals surface area contributed by atoms with E-state index in [4.69, 9.17) is 0 Å². The summed E-state index contributed by atoms with van der Waals surface area (Å²) in [6.45, 7) is 12.3. The fourth-order valence-corrected chi connectivity index (χ4v) is 13.4. The molecule has 0 aliphatic heterocycles. The molecule has 0 saturated heterocycles. The van der Waals surface area contributed by atoms with Crippen molar-refractivity contribution in [3.63, 3.8) is 0 Å². The molecule has 0 nitrogen and oxygen atoms in total. The first-order chi connectivity index (χ1) is 4.83. The third kappa shape index (κ3) is 2.33. The zero-order valence-corrected chi connectivity index (χ0v) is 11.5. The Bertz CT molecular complexity index is 97.0. The van der Waals surface area contributed by atoms with Gasteiger partial charge < -0.3 is 0 Å². The van der Waals surface area contributed by atoms with E-state index >= 15 is 0 Å². The topological polar surface area (TPSA) is 0 Å². The molecule has 0 radical (unpaired) electrons. The third-order valence-corrected chi connectivity index (χ3v) is 17.8. The van der Waals surface area contributed by atoms with Gasteiger partial charge in [0.15, 0.2) is 0 Å². The minimum absolute atomic E-state index is 0.323. The third-order valence-electron chi connectivity index (χ3n) is 2.65. The molecule has 0 N–H and O–H groups in total. The van der Waals surface area contributed by atoms with E-state index in [9.17, 15) is 2.87 Å². The zero-order valence-electron chi connectivity index (χ0n) is 8.61. The summed E-state index contributed by atoms with van der Waals surface area (Å²) >= 11 is -3.24. The van der Waals surface area contributed by atoms with Gasteiger partial charge in [-0.25, -0.2) is 0 Å². The van der Waals surface area contributed by atoms with Gasteiger partial charge in [-0.3, -0.25) is 0 Å². The Hall–Kier alpha value is 0.729. The van der Waals surface area contributed by atoms with E-state index in [1.165, 1.54) is 0 Å². The molecule has 0 spiro atoms. The maximum absolute atomic E-state index is 14.4. The van der Waals surface area contributed by atoms with Crippen LogP contribution in [0.4, 0.5) is 2.87 Å². The molecule has 0 amide bonds. The summed E-state index contributed by atoms with van der Waals surface area (Å²) in [5.41, 5.74) is 0. The van der Waals surface area contributed by atoms with Gasteiger partial charge in [-0.05, 0) is 0 Å². The Labute approximate surface area is 75.2 Å². The molecule has 0 atom stereocenters. The van der Waals surface area contributed by atoms with Crippen molar-refractivity contribution in [2.24, 2.45) is 0 Å². The average molecular weight is 267 g/mol. The Morgan fingerprint density at radius 3 is 0.909 bits per heavy atom. The first kappa shape index (κ1) is 11.7. The molecule has 11 heavy (non-hydrogen) atoms. The first-order valence-corrected chi connectivity index (χ1v) is 10.5. The van der Waals surface area contributed by atoms with Crippen molar-refractivity contribution in [1.29, 1.82) is 0 Å². The molecule has 0 aromatic carbocycles. The number of hydrogen-bond acceptors (Lipinski definition) is 0. The van der Waals surface area contributed by atoms with Gasteiger partial charge in [0.1, 0.15) is 0 Å². The van der Waals surface area contributed by atoms with E-state index in [0.717, 1.165) is 0 Å². The fourth-order valence-electron chi connectivity index (χ4n) is 2.00. The molecule has 0 fully saturated rings. The van der Waals surface area contributed by atoms with Gasteiger partial charge in [0.2, 0.25) is 0 Å². The predicted molar refractivity (Wildman–Crippen MR) is 52.2 cm³/mol. The van der Waals surface area contributed by atoms with Crippen LogP contribution in [0.15, 0.2) is 0 Å². The Morgan fingerprint density at radius 1 is 0.727 bits per heavy atom. The van der Waals surface area contributed by atoms with Crippen LogP contribution in [-0.4, -0.2) is 18.9 Å². The van der Waals surface area contributed by atoms with Gasteiger partial charge in [-0.2, -0.15) is 0 Å². The Morgan fingerprint density at radius 2 is 0.909 bits per heavy atom. The number of halogens is 1. The van der Waals surface area contributed by atoms with Crippen LogP contribution >= 0.6 is 0 Å². The Kier molecular flexibility index (Phi) is 4.38. The Balaban J connectivity index is 4.53. The average Bonchev–Trinajstić information content (AvgIpc) is 1.84. The molecule has 0 saturated carbocycles. The van der Waals surface area contributed by atoms with Crippen LogP contribution < -0.4 is 0 Å². The van der Waals surface area contributed by atoms with Crippen molar-refractivity contribution in [3.05, 3.63) is 0 Å². The normalized spacial score (nSPS) is 13.6. The van der Waals surface area contributed by atoms with Crippen LogP contribution in [0.5, 0.6) is 0 Å². The van der Waals surface area contributed by atoms with Gasteiger partial charge >= 0.3 is 75.2 Å². The summed E-state index contributed by atoms with van der Waals surface area (Å²) in [6, 6.07) is 0. The molecule has 0 bridgehead atoms. The van der Waals surface area contributed by atoms with Crippen LogP contribution in [0.25, 0.3) is 0 Å². The van der Waals surface area contributed by atoms with E-state index in [2.05, 4.69) is 41.5 Å². The first-order valence-electron chi connectivity index (χ1n) is 4.52. The second-order valence-electron chi connectivity index (χ2n) is 4.29. The molecule has 0 aliphatic rings. The van der Waals surface area contributed by atoms with Crippen LogP contribution in [0.3, 0.4) is 0 Å². The molecule has 0 aliphatic carbocycles. The SMILES string of the molecule is C[CH](C)[Sn]([F])([CH](C)C)[CH](C)C. The van der Waals surface area contributed by atoms with Crippen molar-refractivity contribution in [3.8, 4) is 0 Å². The molecule has 0 aromatic heterocycles. The van der Waals surface area contributed by atoms with Crippen molar-refractivity contribution in [1.82, 2.24) is 0 Å². The van der Waals surface area contributed by atoms with Crippen molar-refractivity contribution in [2.75, 3.05) is 0 Å². The van der Waals surface area contributed by atoms with E-state index in [1.807, 2.05) is 0 Å². The predicted octanol–water partition coefficient (Wildman–Crippen LogP) is 4.13. The zero-order chi connectivity index (χ0) is 9.23. The van der Waals surface area contributed by atoms with Crippen molar-refractivity contribution < 1.29 is 2.87 Å². The molecular formula is C9H21FSn. The second-order valence-corrected chi connectivity index (χ2v) is 18.9. The van der Waals surface area contributed by atoms with Crippen molar-refractivity contribution in [2.45, 2.75) is 53.3 Å². The molecule has 68 valence electrons. The summed E-state index contributed by atoms with van der Waals surface area (Å²) in [4.78, 5) is 0. The van der Waals surface area contributed by atoms with Gasteiger partial charge in [0.25, 0.3) is 0 Å². The summed E-state index contributed by atoms with van der Waals surface area (Å²) in [5, 5.41) is 0. The van der Waals surface area contributed by atoms with Gasteiger partial charge in [-0.1, -0.05) is 0 Å². The van der Waals surface area contributed by atoms with Crippen LogP contribution in [0, 0.1) is 0 Å². The summed E-state index contributed by atoms with van der Waals surface area (Å²) < 4.78 is 15.3. The number of rotatable bonds is 3. The summed E-state index contributed by atoms with van der Waals surface area (Å²) in [6.07, 6.45) is 0.